The molecule has 1 saturated heterocycles. The highest BCUT2D eigenvalue weighted by atomic mass is 16.8. The zero-order chi connectivity index (χ0) is 29.6. The zero-order valence-corrected chi connectivity index (χ0v) is 24.3. The Morgan fingerprint density at radius 3 is 2.51 bits per heavy atom. The van der Waals surface area contributed by atoms with Crippen molar-refractivity contribution in [2.24, 2.45) is 5.92 Å². The summed E-state index contributed by atoms with van der Waals surface area (Å²) >= 11 is 0. The topological polar surface area (TPSA) is 98.8 Å². The van der Waals surface area contributed by atoms with Gasteiger partial charge in [0.2, 0.25) is 0 Å². The smallest absolute Gasteiger partial charge is 0.342 e. The van der Waals surface area contributed by atoms with Crippen LogP contribution in [-0.2, 0) is 23.7 Å². The molecule has 0 radical (unpaired) electrons. The van der Waals surface area contributed by atoms with Crippen LogP contribution in [0.5, 0.6) is 11.5 Å². The summed E-state index contributed by atoms with van der Waals surface area (Å²) < 4.78 is 40.7. The molecule has 0 aromatic heterocycles. The van der Waals surface area contributed by atoms with E-state index in [9.17, 15) is 9.59 Å². The number of fused-ring (bicyclic) bond motifs is 2. The predicted octanol–water partition coefficient (Wildman–Crippen LogP) is 5.58. The van der Waals surface area contributed by atoms with Crippen LogP contribution in [-0.4, -0.2) is 63.2 Å². The highest BCUT2D eigenvalue weighted by Gasteiger charge is 2.45. The minimum Gasteiger partial charge on any atom is -0.497 e. The normalized spacial score (nSPS) is 26.6. The number of cyclic esters (lactones) is 1. The molecule has 9 nitrogen and oxygen atoms in total. The van der Waals surface area contributed by atoms with E-state index in [1.165, 1.54) is 14.2 Å². The number of hydrogen-bond donors (Lipinski definition) is 0. The fraction of sp³-hybridized carbons (Fsp3) is 0.438. The summed E-state index contributed by atoms with van der Waals surface area (Å²) in [5.74, 6) is -1.36. The highest BCUT2D eigenvalue weighted by Crippen LogP contribution is 2.36. The number of carbonyl (C=O) groups excluding carboxylic acids is 2. The second-order valence-corrected chi connectivity index (χ2v) is 10.5. The lowest BCUT2D eigenvalue weighted by atomic mass is 9.98. The lowest BCUT2D eigenvalue weighted by molar-refractivity contribution is -0.152. The van der Waals surface area contributed by atoms with Gasteiger partial charge >= 0.3 is 11.9 Å². The minimum absolute atomic E-state index is 0.0571. The van der Waals surface area contributed by atoms with E-state index in [0.717, 1.165) is 0 Å². The van der Waals surface area contributed by atoms with Crippen molar-refractivity contribution in [1.82, 2.24) is 0 Å². The van der Waals surface area contributed by atoms with Crippen LogP contribution in [0.25, 0.3) is 6.08 Å². The van der Waals surface area contributed by atoms with Gasteiger partial charge in [0.25, 0.3) is 0 Å². The van der Waals surface area contributed by atoms with Gasteiger partial charge in [-0.2, -0.15) is 0 Å². The van der Waals surface area contributed by atoms with E-state index in [1.54, 1.807) is 55.5 Å². The Morgan fingerprint density at radius 2 is 1.80 bits per heavy atom. The van der Waals surface area contributed by atoms with Crippen molar-refractivity contribution in [3.8, 4) is 11.5 Å². The summed E-state index contributed by atoms with van der Waals surface area (Å²) in [7, 11) is 3.04. The SMILES string of the molecule is COCOc1cc(OC)cc2c1C(=O)O[C@@H](C)[C@H](C)/C=C\C(OC(=O)c1ccccc1)C1OC(C)(C)O[C@H]1CC=C2. The number of hydrogen-bond acceptors (Lipinski definition) is 9. The van der Waals surface area contributed by atoms with Gasteiger partial charge in [-0.15, -0.1) is 0 Å². The molecule has 0 spiro atoms. The van der Waals surface area contributed by atoms with Crippen molar-refractivity contribution in [3.05, 3.63) is 77.4 Å². The van der Waals surface area contributed by atoms with Crippen molar-refractivity contribution in [1.29, 1.82) is 0 Å². The lowest BCUT2D eigenvalue weighted by Gasteiger charge is -2.25. The van der Waals surface area contributed by atoms with Crippen LogP contribution >= 0.6 is 0 Å². The monoisotopic (exact) mass is 566 g/mol. The van der Waals surface area contributed by atoms with Gasteiger partial charge < -0.3 is 33.2 Å². The second kappa shape index (κ2) is 13.3. The molecule has 2 aromatic rings. The Bertz CT molecular complexity index is 1270. The number of carbonyl (C=O) groups is 2. The van der Waals surface area contributed by atoms with Gasteiger partial charge in [-0.3, -0.25) is 0 Å². The summed E-state index contributed by atoms with van der Waals surface area (Å²) in [6, 6.07) is 12.2. The fourth-order valence-electron chi connectivity index (χ4n) is 4.73. The average molecular weight is 567 g/mol. The molecule has 41 heavy (non-hydrogen) atoms. The van der Waals surface area contributed by atoms with E-state index in [1.807, 2.05) is 39.0 Å². The van der Waals surface area contributed by atoms with Crippen LogP contribution in [0.1, 0.15) is 60.4 Å². The van der Waals surface area contributed by atoms with E-state index in [4.69, 9.17) is 33.2 Å². The first-order valence-corrected chi connectivity index (χ1v) is 13.6. The van der Waals surface area contributed by atoms with E-state index in [-0.39, 0.29) is 24.0 Å². The minimum atomic E-state index is -0.900. The van der Waals surface area contributed by atoms with Crippen molar-refractivity contribution in [2.75, 3.05) is 21.0 Å². The van der Waals surface area contributed by atoms with E-state index in [2.05, 4.69) is 0 Å². The average Bonchev–Trinajstić information content (AvgIpc) is 3.27. The highest BCUT2D eigenvalue weighted by molar-refractivity contribution is 5.97. The van der Waals surface area contributed by atoms with Crippen LogP contribution < -0.4 is 9.47 Å². The number of benzene rings is 2. The summed E-state index contributed by atoms with van der Waals surface area (Å²) in [5.41, 5.74) is 1.24. The molecule has 0 bridgehead atoms. The molecule has 4 rings (SSSR count). The van der Waals surface area contributed by atoms with Gasteiger partial charge in [0.15, 0.2) is 12.6 Å². The van der Waals surface area contributed by atoms with Crippen molar-refractivity contribution in [3.63, 3.8) is 0 Å². The summed E-state index contributed by atoms with van der Waals surface area (Å²) in [4.78, 5) is 26.6. The third-order valence-corrected chi connectivity index (χ3v) is 6.98. The molecule has 2 heterocycles. The van der Waals surface area contributed by atoms with Crippen LogP contribution in [0.3, 0.4) is 0 Å². The van der Waals surface area contributed by atoms with Gasteiger partial charge in [-0.1, -0.05) is 43.4 Å². The second-order valence-electron chi connectivity index (χ2n) is 10.5. The van der Waals surface area contributed by atoms with E-state index < -0.39 is 42.1 Å². The van der Waals surface area contributed by atoms with Crippen molar-refractivity contribution >= 4 is 18.0 Å². The first-order valence-electron chi connectivity index (χ1n) is 13.6. The van der Waals surface area contributed by atoms with Gasteiger partial charge in [0.05, 0.1) is 18.8 Å². The molecule has 2 unspecified atom stereocenters. The van der Waals surface area contributed by atoms with Crippen LogP contribution in [0.15, 0.2) is 60.7 Å². The number of ether oxygens (including phenoxy) is 7. The molecule has 0 saturated carbocycles. The fourth-order valence-corrected chi connectivity index (χ4v) is 4.73. The Hall–Kier alpha value is -3.66. The van der Waals surface area contributed by atoms with E-state index in [0.29, 0.717) is 23.3 Å². The molecular weight excluding hydrogens is 528 g/mol. The zero-order valence-electron chi connectivity index (χ0n) is 24.3. The maximum absolute atomic E-state index is 13.5. The van der Waals surface area contributed by atoms with E-state index >= 15 is 0 Å². The van der Waals surface area contributed by atoms with Crippen LogP contribution in [0, 0.1) is 5.92 Å². The van der Waals surface area contributed by atoms with Crippen LogP contribution in [0.2, 0.25) is 0 Å². The maximum atomic E-state index is 13.5. The molecule has 9 heteroatoms. The van der Waals surface area contributed by atoms with Gasteiger partial charge in [-0.05, 0) is 57.0 Å². The number of rotatable bonds is 6. The molecule has 5 atom stereocenters. The predicted molar refractivity (Wildman–Crippen MR) is 152 cm³/mol. The van der Waals surface area contributed by atoms with Crippen molar-refractivity contribution in [2.45, 2.75) is 64.3 Å². The molecule has 0 N–H and O–H groups in total. The number of methoxy groups -OCH3 is 2. The molecule has 2 aliphatic heterocycles. The first kappa shape index (κ1) is 30.3. The molecule has 220 valence electrons. The first-order chi connectivity index (χ1) is 19.6. The third-order valence-electron chi connectivity index (χ3n) is 6.98. The Kier molecular flexibility index (Phi) is 9.86. The van der Waals surface area contributed by atoms with Gasteiger partial charge in [-0.25, -0.2) is 9.59 Å². The number of esters is 2. The maximum Gasteiger partial charge on any atom is 0.342 e. The molecule has 0 aliphatic carbocycles. The van der Waals surface area contributed by atoms with Gasteiger partial charge in [0, 0.05) is 19.1 Å². The van der Waals surface area contributed by atoms with Crippen molar-refractivity contribution < 1.29 is 42.7 Å². The molecule has 0 amide bonds. The summed E-state index contributed by atoms with van der Waals surface area (Å²) in [5, 5.41) is 0. The standard InChI is InChI=1S/C32H38O9/c1-20-15-16-25(39-30(33)22-11-8-7-9-12-22)29-26(40-32(3,4)41-29)14-10-13-23-17-24(36-6)18-27(37-19-35-5)28(23)31(34)38-21(20)2/h7-13,15-18,20-21,25-26,29H,14,19H2,1-6H3/b13-10?,16-15-/t20-,21+,25?,26+,29?/m1/s1. The lowest BCUT2D eigenvalue weighted by Crippen LogP contribution is -2.37. The molecule has 1 fully saturated rings. The van der Waals surface area contributed by atoms with Crippen LogP contribution in [0.4, 0.5) is 0 Å². The third kappa shape index (κ3) is 7.55. The Labute approximate surface area is 241 Å². The summed E-state index contributed by atoms with van der Waals surface area (Å²) in [6.07, 6.45) is 5.44. The largest absolute Gasteiger partial charge is 0.497 e. The van der Waals surface area contributed by atoms with Gasteiger partial charge in [0.1, 0.15) is 35.4 Å². The Morgan fingerprint density at radius 1 is 1.05 bits per heavy atom. The quantitative estimate of drug-likeness (QED) is 0.252. The molecule has 2 aliphatic rings. The Balaban J connectivity index is 1.74. The molecule has 2 aromatic carbocycles. The molecular formula is C32H38O9. The summed E-state index contributed by atoms with van der Waals surface area (Å²) in [6.45, 7) is 7.32.